The quantitative estimate of drug-likeness (QED) is 0.374. The maximum Gasteiger partial charge on any atom is 0.254 e. The van der Waals surface area contributed by atoms with Gasteiger partial charge in [0.05, 0.1) is 5.69 Å². The van der Waals surface area contributed by atoms with Gasteiger partial charge in [0.15, 0.2) is 11.5 Å². The number of ether oxygens (including phenoxy) is 2. The van der Waals surface area contributed by atoms with E-state index in [0.717, 1.165) is 40.9 Å². The fourth-order valence-electron chi connectivity index (χ4n) is 4.50. The van der Waals surface area contributed by atoms with E-state index in [1.165, 1.54) is 0 Å². The second-order valence-corrected chi connectivity index (χ2v) is 9.80. The minimum absolute atomic E-state index is 0.0404. The van der Waals surface area contributed by atoms with E-state index in [2.05, 4.69) is 5.32 Å². The lowest BCUT2D eigenvalue weighted by molar-refractivity contribution is -0.117. The highest BCUT2D eigenvalue weighted by Crippen LogP contribution is 2.34. The maximum absolute atomic E-state index is 13.4. The summed E-state index contributed by atoms with van der Waals surface area (Å²) in [6, 6.07) is 21.3. The molecule has 0 atom stereocenters. The van der Waals surface area contributed by atoms with Crippen LogP contribution in [0.4, 0.5) is 5.95 Å². The monoisotopic (exact) mass is 508 g/mol. The molecular formula is C30H28N4O4. The first kappa shape index (κ1) is 23.8. The van der Waals surface area contributed by atoms with E-state index >= 15 is 0 Å². The Labute approximate surface area is 220 Å². The summed E-state index contributed by atoms with van der Waals surface area (Å²) in [4.78, 5) is 33.1. The zero-order valence-corrected chi connectivity index (χ0v) is 21.3. The first-order chi connectivity index (χ1) is 18.4. The highest BCUT2D eigenvalue weighted by atomic mass is 16.7. The summed E-state index contributed by atoms with van der Waals surface area (Å²) in [6.45, 7) is 4.14. The Bertz CT molecular complexity index is 1500. The molecule has 38 heavy (non-hydrogen) atoms. The first-order valence-corrected chi connectivity index (χ1v) is 12.7. The van der Waals surface area contributed by atoms with Crippen molar-refractivity contribution in [3.8, 4) is 28.4 Å². The van der Waals surface area contributed by atoms with E-state index in [4.69, 9.17) is 14.5 Å². The van der Waals surface area contributed by atoms with Crippen LogP contribution in [0, 0.1) is 13.8 Å². The number of carbonyl (C=O) groups excluding carboxylic acids is 2. The van der Waals surface area contributed by atoms with Crippen LogP contribution in [0.3, 0.4) is 0 Å². The van der Waals surface area contributed by atoms with E-state index in [1.807, 2.05) is 73.1 Å². The van der Waals surface area contributed by atoms with Crippen LogP contribution in [0.1, 0.15) is 34.3 Å². The molecule has 8 heteroatoms. The normalized spacial score (nSPS) is 13.8. The number of carbonyl (C=O) groups is 2. The third-order valence-electron chi connectivity index (χ3n) is 6.80. The van der Waals surface area contributed by atoms with Crippen molar-refractivity contribution in [2.75, 3.05) is 18.7 Å². The maximum atomic E-state index is 13.4. The van der Waals surface area contributed by atoms with Gasteiger partial charge in [-0.25, -0.2) is 4.98 Å². The molecule has 1 aromatic heterocycles. The number of aryl methyl sites for hydroxylation is 2. The van der Waals surface area contributed by atoms with Crippen LogP contribution in [0.5, 0.6) is 11.5 Å². The summed E-state index contributed by atoms with van der Waals surface area (Å²) in [7, 11) is 0. The predicted octanol–water partition coefficient (Wildman–Crippen LogP) is 5.13. The zero-order valence-electron chi connectivity index (χ0n) is 21.3. The number of imidazole rings is 1. The van der Waals surface area contributed by atoms with Crippen LogP contribution in [0.2, 0.25) is 0 Å². The SMILES string of the molecule is Cc1ccc(-c2cn(-c3ccc(C)cc3)c(NC(=O)CN(C(=O)c3ccc4c(c3)OCO4)C3CC3)n2)cc1. The molecule has 0 bridgehead atoms. The van der Waals surface area contributed by atoms with Crippen molar-refractivity contribution in [2.45, 2.75) is 32.7 Å². The molecule has 0 spiro atoms. The van der Waals surface area contributed by atoms with E-state index in [0.29, 0.717) is 23.0 Å². The fraction of sp³-hybridized carbons (Fsp3) is 0.233. The molecule has 6 rings (SSSR count). The minimum Gasteiger partial charge on any atom is -0.454 e. The number of fused-ring (bicyclic) bond motifs is 1. The highest BCUT2D eigenvalue weighted by Gasteiger charge is 2.35. The van der Waals surface area contributed by atoms with Crippen molar-refractivity contribution in [3.63, 3.8) is 0 Å². The van der Waals surface area contributed by atoms with Gasteiger partial charge in [0.2, 0.25) is 18.6 Å². The zero-order chi connectivity index (χ0) is 26.2. The van der Waals surface area contributed by atoms with Gasteiger partial charge in [-0.3, -0.25) is 19.5 Å². The smallest absolute Gasteiger partial charge is 0.254 e. The number of anilines is 1. The van der Waals surface area contributed by atoms with Gasteiger partial charge in [0, 0.05) is 29.1 Å². The fourth-order valence-corrected chi connectivity index (χ4v) is 4.50. The molecule has 192 valence electrons. The summed E-state index contributed by atoms with van der Waals surface area (Å²) < 4.78 is 12.7. The van der Waals surface area contributed by atoms with Crippen molar-refractivity contribution < 1.29 is 19.1 Å². The third-order valence-corrected chi connectivity index (χ3v) is 6.80. The van der Waals surface area contributed by atoms with Crippen molar-refractivity contribution >= 4 is 17.8 Å². The van der Waals surface area contributed by atoms with Gasteiger partial charge in [-0.2, -0.15) is 0 Å². The second kappa shape index (κ2) is 9.70. The van der Waals surface area contributed by atoms with Crippen LogP contribution in [0.15, 0.2) is 72.9 Å². The molecule has 3 aromatic carbocycles. The van der Waals surface area contributed by atoms with Gasteiger partial charge in [0.25, 0.3) is 5.91 Å². The molecule has 1 N–H and O–H groups in total. The molecule has 2 heterocycles. The van der Waals surface area contributed by atoms with Gasteiger partial charge in [0.1, 0.15) is 6.54 Å². The van der Waals surface area contributed by atoms with E-state index in [1.54, 1.807) is 23.1 Å². The van der Waals surface area contributed by atoms with Crippen molar-refractivity contribution in [1.29, 1.82) is 0 Å². The Morgan fingerprint density at radius 1 is 0.947 bits per heavy atom. The number of aromatic nitrogens is 2. The van der Waals surface area contributed by atoms with Gasteiger partial charge < -0.3 is 14.4 Å². The standard InChI is InChI=1S/C30H28N4O4/c1-19-3-7-21(8-4-19)25-16-34(24-10-5-20(2)6-11-24)30(31-25)32-28(35)17-33(23-12-13-23)29(36)22-9-14-26-27(15-22)38-18-37-26/h3-11,14-16,23H,12-13,17-18H2,1-2H3,(H,31,32,35). The number of benzene rings is 3. The van der Waals surface area contributed by atoms with Crippen LogP contribution >= 0.6 is 0 Å². The molecule has 0 saturated heterocycles. The number of nitrogens with zero attached hydrogens (tertiary/aromatic N) is 3. The Balaban J connectivity index is 1.26. The van der Waals surface area contributed by atoms with Gasteiger partial charge in [-0.05, 0) is 57.0 Å². The number of amides is 2. The molecule has 8 nitrogen and oxygen atoms in total. The largest absolute Gasteiger partial charge is 0.454 e. The lowest BCUT2D eigenvalue weighted by atomic mass is 10.1. The Hall–Kier alpha value is -4.59. The summed E-state index contributed by atoms with van der Waals surface area (Å²) in [5, 5.41) is 2.96. The van der Waals surface area contributed by atoms with Gasteiger partial charge >= 0.3 is 0 Å². The Morgan fingerprint density at radius 3 is 2.34 bits per heavy atom. The van der Waals surface area contributed by atoms with Crippen molar-refractivity contribution in [2.24, 2.45) is 0 Å². The molecule has 2 aliphatic rings. The average molecular weight is 509 g/mol. The van der Waals surface area contributed by atoms with Crippen LogP contribution in [-0.4, -0.2) is 45.6 Å². The molecule has 0 unspecified atom stereocenters. The molecule has 0 radical (unpaired) electrons. The van der Waals surface area contributed by atoms with Crippen molar-refractivity contribution in [1.82, 2.24) is 14.5 Å². The predicted molar refractivity (Wildman–Crippen MR) is 144 cm³/mol. The Morgan fingerprint density at radius 2 is 1.63 bits per heavy atom. The minimum atomic E-state index is -0.305. The first-order valence-electron chi connectivity index (χ1n) is 12.7. The molecule has 1 aliphatic carbocycles. The summed E-state index contributed by atoms with van der Waals surface area (Å²) in [5.41, 5.74) is 5.35. The molecule has 1 saturated carbocycles. The number of hydrogen-bond acceptors (Lipinski definition) is 5. The van der Waals surface area contributed by atoms with Crippen LogP contribution in [-0.2, 0) is 4.79 Å². The lowest BCUT2D eigenvalue weighted by Crippen LogP contribution is -2.39. The lowest BCUT2D eigenvalue weighted by Gasteiger charge is -2.22. The Kier molecular flexibility index (Phi) is 6.07. The average Bonchev–Trinajstić information content (AvgIpc) is 3.51. The van der Waals surface area contributed by atoms with Gasteiger partial charge in [-0.15, -0.1) is 0 Å². The van der Waals surface area contributed by atoms with Crippen molar-refractivity contribution in [3.05, 3.63) is 89.6 Å². The van der Waals surface area contributed by atoms with E-state index < -0.39 is 0 Å². The summed E-state index contributed by atoms with van der Waals surface area (Å²) in [5.74, 6) is 1.05. The molecule has 4 aromatic rings. The number of rotatable bonds is 7. The number of hydrogen-bond donors (Lipinski definition) is 1. The molecule has 1 aliphatic heterocycles. The van der Waals surface area contributed by atoms with Crippen LogP contribution < -0.4 is 14.8 Å². The van der Waals surface area contributed by atoms with Crippen LogP contribution in [0.25, 0.3) is 16.9 Å². The highest BCUT2D eigenvalue weighted by molar-refractivity contribution is 6.00. The summed E-state index contributed by atoms with van der Waals surface area (Å²) >= 11 is 0. The molecule has 2 amide bonds. The third kappa shape index (κ3) is 4.85. The molecular weight excluding hydrogens is 480 g/mol. The number of nitrogens with one attached hydrogen (secondary N) is 1. The van der Waals surface area contributed by atoms with Gasteiger partial charge in [-0.1, -0.05) is 47.5 Å². The van der Waals surface area contributed by atoms with E-state index in [9.17, 15) is 9.59 Å². The molecule has 1 fully saturated rings. The topological polar surface area (TPSA) is 85.7 Å². The van der Waals surface area contributed by atoms with E-state index in [-0.39, 0.29) is 31.2 Å². The summed E-state index contributed by atoms with van der Waals surface area (Å²) in [6.07, 6.45) is 3.67. The second-order valence-electron chi connectivity index (χ2n) is 9.80.